The minimum absolute atomic E-state index is 0.0389. The largest absolute Gasteiger partial charge is 0.466 e. The first kappa shape index (κ1) is 21.4. The van der Waals surface area contributed by atoms with Crippen molar-refractivity contribution in [2.75, 3.05) is 13.2 Å². The van der Waals surface area contributed by atoms with E-state index >= 15 is 0 Å². The van der Waals surface area contributed by atoms with E-state index in [2.05, 4.69) is 5.32 Å². The maximum Gasteiger partial charge on any atom is 0.407 e. The van der Waals surface area contributed by atoms with Crippen LogP contribution in [0.15, 0.2) is 24.3 Å². The number of hydrogen-bond acceptors (Lipinski definition) is 6. The van der Waals surface area contributed by atoms with E-state index in [0.717, 1.165) is 0 Å². The number of non-ortho nitro benzene ring substituents is 1. The van der Waals surface area contributed by atoms with Gasteiger partial charge in [0, 0.05) is 18.7 Å². The molecular weight excluding hydrogens is 340 g/mol. The van der Waals surface area contributed by atoms with E-state index in [4.69, 9.17) is 9.47 Å². The molecule has 1 aromatic rings. The van der Waals surface area contributed by atoms with Crippen molar-refractivity contribution in [3.63, 3.8) is 0 Å². The van der Waals surface area contributed by atoms with Crippen LogP contribution in [-0.2, 0) is 14.3 Å². The van der Waals surface area contributed by atoms with E-state index in [1.807, 2.05) is 0 Å². The molecule has 1 aromatic carbocycles. The van der Waals surface area contributed by atoms with Gasteiger partial charge >= 0.3 is 12.1 Å². The summed E-state index contributed by atoms with van der Waals surface area (Å²) in [4.78, 5) is 34.1. The zero-order valence-electron chi connectivity index (χ0n) is 15.6. The number of carbonyl (C=O) groups is 2. The molecule has 0 spiro atoms. The number of nitro benzene ring substituents is 1. The number of nitro groups is 1. The number of nitrogens with zero attached hydrogens (tertiary/aromatic N) is 1. The van der Waals surface area contributed by atoms with E-state index in [-0.39, 0.29) is 12.3 Å². The van der Waals surface area contributed by atoms with E-state index in [1.165, 1.54) is 12.1 Å². The Morgan fingerprint density at radius 3 is 2.35 bits per heavy atom. The first-order valence-corrected chi connectivity index (χ1v) is 8.52. The number of benzene rings is 1. The molecule has 1 amide bonds. The van der Waals surface area contributed by atoms with Crippen molar-refractivity contribution in [3.05, 3.63) is 39.9 Å². The van der Waals surface area contributed by atoms with Gasteiger partial charge in [0.2, 0.25) is 0 Å². The van der Waals surface area contributed by atoms with E-state index in [9.17, 15) is 19.7 Å². The van der Waals surface area contributed by atoms with Crippen LogP contribution in [0, 0.1) is 10.1 Å². The molecule has 1 N–H and O–H groups in total. The van der Waals surface area contributed by atoms with Gasteiger partial charge in [-0.15, -0.1) is 0 Å². The Kier molecular flexibility index (Phi) is 8.02. The molecule has 0 bridgehead atoms. The number of esters is 1. The predicted molar refractivity (Wildman–Crippen MR) is 95.9 cm³/mol. The SMILES string of the molecule is CCOC(=O)C(CCCNC(=O)OC(C)(C)C)c1ccc([N+](=O)[O-])cc1. The Balaban J connectivity index is 2.66. The van der Waals surface area contributed by atoms with Crippen molar-refractivity contribution in [3.8, 4) is 0 Å². The molecule has 1 rings (SSSR count). The summed E-state index contributed by atoms with van der Waals surface area (Å²) in [6, 6.07) is 5.84. The minimum atomic E-state index is -0.573. The van der Waals surface area contributed by atoms with Crippen LogP contribution in [-0.4, -0.2) is 35.7 Å². The van der Waals surface area contributed by atoms with Crippen molar-refractivity contribution in [1.82, 2.24) is 5.32 Å². The second-order valence-corrected chi connectivity index (χ2v) is 6.72. The van der Waals surface area contributed by atoms with Crippen LogP contribution < -0.4 is 5.32 Å². The van der Waals surface area contributed by atoms with E-state index < -0.39 is 28.5 Å². The molecule has 1 unspecified atom stereocenters. The first-order valence-electron chi connectivity index (χ1n) is 8.52. The Labute approximate surface area is 153 Å². The molecule has 0 saturated heterocycles. The van der Waals surface area contributed by atoms with Crippen LogP contribution in [0.3, 0.4) is 0 Å². The molecule has 8 nitrogen and oxygen atoms in total. The fourth-order valence-corrected chi connectivity index (χ4v) is 2.30. The third kappa shape index (κ3) is 7.50. The molecular formula is C18H26N2O6. The lowest BCUT2D eigenvalue weighted by atomic mass is 9.94. The highest BCUT2D eigenvalue weighted by atomic mass is 16.6. The van der Waals surface area contributed by atoms with Gasteiger partial charge in [-0.05, 0) is 46.1 Å². The van der Waals surface area contributed by atoms with Gasteiger partial charge in [-0.2, -0.15) is 0 Å². The van der Waals surface area contributed by atoms with Crippen molar-refractivity contribution in [1.29, 1.82) is 0 Å². The summed E-state index contributed by atoms with van der Waals surface area (Å²) < 4.78 is 10.2. The number of carbonyl (C=O) groups excluding carboxylic acids is 2. The van der Waals surface area contributed by atoms with Gasteiger partial charge in [-0.3, -0.25) is 14.9 Å². The van der Waals surface area contributed by atoms with Crippen LogP contribution >= 0.6 is 0 Å². The average Bonchev–Trinajstić information content (AvgIpc) is 2.53. The lowest BCUT2D eigenvalue weighted by Crippen LogP contribution is -2.33. The van der Waals surface area contributed by atoms with Gasteiger partial charge in [0.1, 0.15) is 5.60 Å². The molecule has 0 aliphatic heterocycles. The predicted octanol–water partition coefficient (Wildman–Crippen LogP) is 3.55. The van der Waals surface area contributed by atoms with Crippen molar-refractivity contribution >= 4 is 17.7 Å². The Bertz CT molecular complexity index is 622. The van der Waals surface area contributed by atoms with Crippen molar-refractivity contribution in [2.24, 2.45) is 0 Å². The number of rotatable bonds is 8. The third-order valence-electron chi connectivity index (χ3n) is 3.42. The van der Waals surface area contributed by atoms with Crippen molar-refractivity contribution < 1.29 is 24.0 Å². The highest BCUT2D eigenvalue weighted by molar-refractivity contribution is 5.78. The van der Waals surface area contributed by atoms with Crippen LogP contribution in [0.2, 0.25) is 0 Å². The maximum atomic E-state index is 12.2. The van der Waals surface area contributed by atoms with Crippen LogP contribution in [0.25, 0.3) is 0 Å². The second kappa shape index (κ2) is 9.74. The molecule has 0 aromatic heterocycles. The lowest BCUT2D eigenvalue weighted by Gasteiger charge is -2.20. The zero-order valence-corrected chi connectivity index (χ0v) is 15.6. The molecule has 0 saturated carbocycles. The number of amides is 1. The summed E-state index contributed by atoms with van der Waals surface area (Å²) in [6.07, 6.45) is 0.451. The Morgan fingerprint density at radius 1 is 1.23 bits per heavy atom. The van der Waals surface area contributed by atoms with Gasteiger partial charge in [0.05, 0.1) is 17.4 Å². The molecule has 8 heteroatoms. The fourth-order valence-electron chi connectivity index (χ4n) is 2.30. The topological polar surface area (TPSA) is 108 Å². The standard InChI is InChI=1S/C18H26N2O6/c1-5-25-16(21)15(13-8-10-14(11-9-13)20(23)24)7-6-12-19-17(22)26-18(2,3)4/h8-11,15H,5-7,12H2,1-4H3,(H,19,22). The zero-order chi connectivity index (χ0) is 19.7. The average molecular weight is 366 g/mol. The van der Waals surface area contributed by atoms with Gasteiger partial charge in [0.15, 0.2) is 0 Å². The highest BCUT2D eigenvalue weighted by Crippen LogP contribution is 2.25. The van der Waals surface area contributed by atoms with Gasteiger partial charge in [-0.1, -0.05) is 12.1 Å². The summed E-state index contributed by atoms with van der Waals surface area (Å²) >= 11 is 0. The van der Waals surface area contributed by atoms with Crippen molar-refractivity contribution in [2.45, 2.75) is 52.1 Å². The second-order valence-electron chi connectivity index (χ2n) is 6.72. The number of alkyl carbamates (subject to hydrolysis) is 1. The summed E-state index contributed by atoms with van der Waals surface area (Å²) in [7, 11) is 0. The smallest absolute Gasteiger partial charge is 0.407 e. The monoisotopic (exact) mass is 366 g/mol. The highest BCUT2D eigenvalue weighted by Gasteiger charge is 2.23. The molecule has 144 valence electrons. The van der Waals surface area contributed by atoms with Crippen LogP contribution in [0.5, 0.6) is 0 Å². The molecule has 26 heavy (non-hydrogen) atoms. The normalized spacial score (nSPS) is 12.2. The quantitative estimate of drug-likeness (QED) is 0.326. The summed E-state index contributed by atoms with van der Waals surface area (Å²) in [6.45, 7) is 7.64. The van der Waals surface area contributed by atoms with Gasteiger partial charge in [0.25, 0.3) is 5.69 Å². The molecule has 1 atom stereocenters. The molecule has 0 aliphatic rings. The van der Waals surface area contributed by atoms with E-state index in [1.54, 1.807) is 39.8 Å². The van der Waals surface area contributed by atoms with Gasteiger partial charge in [-0.25, -0.2) is 4.79 Å². The summed E-state index contributed by atoms with van der Waals surface area (Å²) in [5, 5.41) is 13.4. The fraction of sp³-hybridized carbons (Fsp3) is 0.556. The molecule has 0 aliphatic carbocycles. The maximum absolute atomic E-state index is 12.2. The summed E-state index contributed by atoms with van der Waals surface area (Å²) in [5.41, 5.74) is 0.0327. The Morgan fingerprint density at radius 2 is 1.85 bits per heavy atom. The third-order valence-corrected chi connectivity index (χ3v) is 3.42. The first-order chi connectivity index (χ1) is 12.1. The lowest BCUT2D eigenvalue weighted by molar-refractivity contribution is -0.384. The summed E-state index contributed by atoms with van der Waals surface area (Å²) in [5.74, 6) is -0.935. The van der Waals surface area contributed by atoms with Gasteiger partial charge < -0.3 is 14.8 Å². The van der Waals surface area contributed by atoms with Crippen LogP contribution in [0.4, 0.5) is 10.5 Å². The number of ether oxygens (including phenoxy) is 2. The molecule has 0 fully saturated rings. The van der Waals surface area contributed by atoms with Crippen LogP contribution in [0.1, 0.15) is 52.0 Å². The Hall–Kier alpha value is -2.64. The molecule has 0 heterocycles. The number of nitrogens with one attached hydrogen (secondary N) is 1. The minimum Gasteiger partial charge on any atom is -0.466 e. The van der Waals surface area contributed by atoms with E-state index in [0.29, 0.717) is 24.9 Å². The number of hydrogen-bond donors (Lipinski definition) is 1. The molecule has 0 radical (unpaired) electrons.